The summed E-state index contributed by atoms with van der Waals surface area (Å²) < 4.78 is 37.5. The van der Waals surface area contributed by atoms with E-state index in [4.69, 9.17) is 9.15 Å². The quantitative estimate of drug-likeness (QED) is 0.605. The lowest BCUT2D eigenvalue weighted by Gasteiger charge is -2.21. The lowest BCUT2D eigenvalue weighted by Crippen LogP contribution is -2.35. The molecule has 0 fully saturated rings. The molecule has 7 nitrogen and oxygen atoms in total. The van der Waals surface area contributed by atoms with E-state index >= 15 is 0 Å². The van der Waals surface area contributed by atoms with Gasteiger partial charge in [0.2, 0.25) is 5.91 Å². The summed E-state index contributed by atoms with van der Waals surface area (Å²) in [5.41, 5.74) is 0.929. The van der Waals surface area contributed by atoms with Crippen LogP contribution in [-0.2, 0) is 14.8 Å². The third kappa shape index (κ3) is 3.27. The number of hydrogen-bond acceptors (Lipinski definition) is 6. The highest BCUT2D eigenvalue weighted by molar-refractivity contribution is 7.93. The van der Waals surface area contributed by atoms with Crippen LogP contribution >= 0.6 is 0 Å². The number of hydrogen-bond donors (Lipinski definition) is 0. The van der Waals surface area contributed by atoms with Crippen molar-refractivity contribution in [1.82, 2.24) is 0 Å². The largest absolute Gasteiger partial charge is 0.497 e. The molecule has 3 aromatic rings. The van der Waals surface area contributed by atoms with E-state index in [1.165, 1.54) is 50.4 Å². The third-order valence-corrected chi connectivity index (χ3v) is 6.13. The van der Waals surface area contributed by atoms with Crippen LogP contribution in [0.3, 0.4) is 0 Å². The monoisotopic (exact) mass is 401 g/mol. The van der Waals surface area contributed by atoms with Crippen molar-refractivity contribution in [2.24, 2.45) is 0 Å². The van der Waals surface area contributed by atoms with Crippen LogP contribution in [0.2, 0.25) is 0 Å². The van der Waals surface area contributed by atoms with Crippen molar-refractivity contribution >= 4 is 38.4 Å². The molecule has 0 aliphatic heterocycles. The Morgan fingerprint density at radius 2 is 1.68 bits per heavy atom. The maximum absolute atomic E-state index is 13.1. The Balaban J connectivity index is 2.17. The Morgan fingerprint density at radius 1 is 1.04 bits per heavy atom. The van der Waals surface area contributed by atoms with E-state index in [1.54, 1.807) is 13.0 Å². The molecule has 0 saturated heterocycles. The number of carbonyl (C=O) groups excluding carboxylic acids is 2. The van der Waals surface area contributed by atoms with Gasteiger partial charge in [0.05, 0.1) is 23.3 Å². The van der Waals surface area contributed by atoms with Gasteiger partial charge in [0, 0.05) is 12.3 Å². The van der Waals surface area contributed by atoms with E-state index in [1.807, 2.05) is 0 Å². The Kier molecular flexibility index (Phi) is 4.99. The number of sulfonamides is 1. The van der Waals surface area contributed by atoms with Crippen molar-refractivity contribution in [2.75, 3.05) is 11.4 Å². The first-order valence-electron chi connectivity index (χ1n) is 8.41. The first-order valence-corrected chi connectivity index (χ1v) is 9.85. The normalized spacial score (nSPS) is 11.4. The number of fused-ring (bicyclic) bond motifs is 1. The summed E-state index contributed by atoms with van der Waals surface area (Å²) in [6.45, 7) is 4.23. The Morgan fingerprint density at radius 3 is 2.21 bits per heavy atom. The first kappa shape index (κ1) is 19.6. The fourth-order valence-corrected chi connectivity index (χ4v) is 4.54. The molecular formula is C20H19NO6S. The number of methoxy groups -OCH3 is 1. The minimum Gasteiger partial charge on any atom is -0.497 e. The summed E-state index contributed by atoms with van der Waals surface area (Å²) in [5, 5.41) is 0.457. The number of amides is 1. The van der Waals surface area contributed by atoms with Crippen molar-refractivity contribution in [1.29, 1.82) is 0 Å². The van der Waals surface area contributed by atoms with Crippen LogP contribution in [0, 0.1) is 6.92 Å². The molecule has 1 aromatic heterocycles. The molecular weight excluding hydrogens is 382 g/mol. The molecule has 0 radical (unpaired) electrons. The first-order chi connectivity index (χ1) is 13.2. The summed E-state index contributed by atoms with van der Waals surface area (Å²) in [6, 6.07) is 10.2. The van der Waals surface area contributed by atoms with Crippen molar-refractivity contribution in [2.45, 2.75) is 25.7 Å². The van der Waals surface area contributed by atoms with Crippen molar-refractivity contribution in [3.63, 3.8) is 0 Å². The summed E-state index contributed by atoms with van der Waals surface area (Å²) >= 11 is 0. The van der Waals surface area contributed by atoms with E-state index in [2.05, 4.69) is 0 Å². The van der Waals surface area contributed by atoms with Crippen LogP contribution in [0.25, 0.3) is 11.0 Å². The highest BCUT2D eigenvalue weighted by Crippen LogP contribution is 2.32. The molecule has 146 valence electrons. The predicted molar refractivity (Wildman–Crippen MR) is 104 cm³/mol. The number of Topliss-reactive ketones (excluding diaryl/α,β-unsaturated/α-hetero) is 1. The Bertz CT molecular complexity index is 1180. The fraction of sp³-hybridized carbons (Fsp3) is 0.200. The van der Waals surface area contributed by atoms with Gasteiger partial charge >= 0.3 is 0 Å². The van der Waals surface area contributed by atoms with Gasteiger partial charge in [-0.05, 0) is 56.3 Å². The lowest BCUT2D eigenvalue weighted by molar-refractivity contribution is -0.115. The number of rotatable bonds is 5. The number of ether oxygens (including phenoxy) is 1. The number of nitrogens with zero attached hydrogens (tertiary/aromatic N) is 1. The fourth-order valence-electron chi connectivity index (χ4n) is 3.11. The molecule has 1 heterocycles. The van der Waals surface area contributed by atoms with Gasteiger partial charge in [-0.25, -0.2) is 12.7 Å². The highest BCUT2D eigenvalue weighted by atomic mass is 32.2. The van der Waals surface area contributed by atoms with Crippen molar-refractivity contribution < 1.29 is 27.2 Å². The van der Waals surface area contributed by atoms with E-state index in [0.29, 0.717) is 32.3 Å². The van der Waals surface area contributed by atoms with Gasteiger partial charge in [-0.15, -0.1) is 0 Å². The number of furan rings is 1. The van der Waals surface area contributed by atoms with Gasteiger partial charge in [0.15, 0.2) is 5.78 Å². The predicted octanol–water partition coefficient (Wildman–Crippen LogP) is 3.69. The highest BCUT2D eigenvalue weighted by Gasteiger charge is 2.29. The average molecular weight is 401 g/mol. The van der Waals surface area contributed by atoms with Gasteiger partial charge in [0.1, 0.15) is 17.1 Å². The smallest absolute Gasteiger partial charge is 0.270 e. The second-order valence-corrected chi connectivity index (χ2v) is 8.02. The molecule has 0 saturated carbocycles. The molecule has 0 aliphatic rings. The van der Waals surface area contributed by atoms with E-state index in [-0.39, 0.29) is 16.4 Å². The second kappa shape index (κ2) is 7.12. The molecule has 0 N–H and O–H groups in total. The maximum Gasteiger partial charge on any atom is 0.270 e. The van der Waals surface area contributed by atoms with Crippen LogP contribution in [0.15, 0.2) is 51.8 Å². The molecule has 2 aromatic carbocycles. The molecule has 3 rings (SSSR count). The van der Waals surface area contributed by atoms with Gasteiger partial charge in [-0.3, -0.25) is 9.59 Å². The number of ketones is 1. The molecule has 28 heavy (non-hydrogen) atoms. The van der Waals surface area contributed by atoms with Crippen LogP contribution in [0.1, 0.15) is 30.0 Å². The zero-order valence-electron chi connectivity index (χ0n) is 15.8. The minimum absolute atomic E-state index is 0.0567. The molecule has 0 bridgehead atoms. The second-order valence-electron chi connectivity index (χ2n) is 6.23. The Labute approximate surface area is 162 Å². The molecule has 8 heteroatoms. The summed E-state index contributed by atoms with van der Waals surface area (Å²) in [4.78, 5) is 24.2. The number of benzene rings is 2. The number of carbonyl (C=O) groups is 2. The average Bonchev–Trinajstić information content (AvgIpc) is 2.96. The zero-order valence-corrected chi connectivity index (χ0v) is 16.7. The van der Waals surface area contributed by atoms with E-state index in [0.717, 1.165) is 6.92 Å². The zero-order chi connectivity index (χ0) is 20.6. The van der Waals surface area contributed by atoms with Gasteiger partial charge in [0.25, 0.3) is 10.0 Å². The van der Waals surface area contributed by atoms with Crippen LogP contribution in [0.5, 0.6) is 5.75 Å². The topological polar surface area (TPSA) is 93.9 Å². The molecule has 0 unspecified atom stereocenters. The summed E-state index contributed by atoms with van der Waals surface area (Å²) in [5.74, 6) is 0.0438. The summed E-state index contributed by atoms with van der Waals surface area (Å²) in [7, 11) is -2.69. The van der Waals surface area contributed by atoms with Crippen molar-refractivity contribution in [3.05, 3.63) is 53.8 Å². The SMILES string of the molecule is COc1ccc(S(=O)(=O)N(C(C)=O)c2ccc3oc(C)c(C(C)=O)c3c2)cc1. The van der Waals surface area contributed by atoms with Crippen LogP contribution < -0.4 is 9.04 Å². The molecule has 0 spiro atoms. The molecule has 1 amide bonds. The molecule has 0 atom stereocenters. The summed E-state index contributed by atoms with van der Waals surface area (Å²) in [6.07, 6.45) is 0. The Hall–Kier alpha value is -3.13. The molecule has 0 aliphatic carbocycles. The van der Waals surface area contributed by atoms with E-state index < -0.39 is 15.9 Å². The van der Waals surface area contributed by atoms with Gasteiger partial charge < -0.3 is 9.15 Å². The van der Waals surface area contributed by atoms with Crippen LogP contribution in [0.4, 0.5) is 5.69 Å². The minimum atomic E-state index is -4.16. The van der Waals surface area contributed by atoms with Crippen molar-refractivity contribution in [3.8, 4) is 5.75 Å². The van der Waals surface area contributed by atoms with Gasteiger partial charge in [-0.2, -0.15) is 0 Å². The van der Waals surface area contributed by atoms with Gasteiger partial charge in [-0.1, -0.05) is 0 Å². The van der Waals surface area contributed by atoms with Crippen LogP contribution in [-0.4, -0.2) is 27.2 Å². The lowest BCUT2D eigenvalue weighted by atomic mass is 10.1. The number of anilines is 1. The maximum atomic E-state index is 13.1. The number of aryl methyl sites for hydroxylation is 1. The van der Waals surface area contributed by atoms with E-state index in [9.17, 15) is 18.0 Å². The standard InChI is InChI=1S/C20H19NO6S/c1-12(22)20-13(2)27-19-10-5-15(11-18(19)20)21(14(3)23)28(24,25)17-8-6-16(26-4)7-9-17/h5-11H,1-4H3. The third-order valence-electron chi connectivity index (χ3n) is 4.32.